The van der Waals surface area contributed by atoms with Gasteiger partial charge in [-0.15, -0.1) is 10.2 Å². The molecule has 2 rings (SSSR count). The molecule has 2 N–H and O–H groups in total. The van der Waals surface area contributed by atoms with Crippen LogP contribution in [0.2, 0.25) is 0 Å². The van der Waals surface area contributed by atoms with E-state index in [0.29, 0.717) is 16.6 Å². The number of hydrogen-bond acceptors (Lipinski definition) is 4. The van der Waals surface area contributed by atoms with Gasteiger partial charge in [0.05, 0.1) is 0 Å². The SMILES string of the molecule is CS/C(N)=N/N=C(/C)c1cc2ccccc2o1. The molecule has 0 atom stereocenters. The molecule has 0 radical (unpaired) electrons. The summed E-state index contributed by atoms with van der Waals surface area (Å²) in [6.07, 6.45) is 1.85. The van der Waals surface area contributed by atoms with Crippen molar-refractivity contribution in [3.05, 3.63) is 36.1 Å². The van der Waals surface area contributed by atoms with Gasteiger partial charge < -0.3 is 10.2 Å². The maximum Gasteiger partial charge on any atom is 0.180 e. The number of nitrogens with two attached hydrogens (primary N) is 1. The molecule has 0 spiro atoms. The number of benzene rings is 1. The Balaban J connectivity index is 2.33. The van der Waals surface area contributed by atoms with E-state index >= 15 is 0 Å². The molecule has 1 aromatic carbocycles. The van der Waals surface area contributed by atoms with Crippen molar-refractivity contribution in [3.63, 3.8) is 0 Å². The molecular weight excluding hydrogens is 234 g/mol. The standard InChI is InChI=1S/C12H13N3OS/c1-8(14-15-12(13)17-2)11-7-9-5-3-4-6-10(9)16-11/h3-7H,1-2H3,(H2,13,15)/b14-8-. The van der Waals surface area contributed by atoms with Crippen LogP contribution in [0.3, 0.4) is 0 Å². The summed E-state index contributed by atoms with van der Waals surface area (Å²) in [5.74, 6) is 0.712. The Kier molecular flexibility index (Phi) is 3.49. The Morgan fingerprint density at radius 3 is 2.76 bits per heavy atom. The van der Waals surface area contributed by atoms with Crippen molar-refractivity contribution in [1.82, 2.24) is 0 Å². The summed E-state index contributed by atoms with van der Waals surface area (Å²) in [5.41, 5.74) is 7.10. The van der Waals surface area contributed by atoms with Crippen LogP contribution in [0.4, 0.5) is 0 Å². The highest BCUT2D eigenvalue weighted by molar-refractivity contribution is 8.13. The summed E-state index contributed by atoms with van der Waals surface area (Å²) >= 11 is 1.36. The van der Waals surface area contributed by atoms with Gasteiger partial charge in [-0.05, 0) is 25.3 Å². The molecule has 0 bridgehead atoms. The zero-order chi connectivity index (χ0) is 12.3. The number of para-hydroxylation sites is 1. The third-order valence-corrected chi connectivity index (χ3v) is 2.79. The van der Waals surface area contributed by atoms with E-state index in [-0.39, 0.29) is 0 Å². The van der Waals surface area contributed by atoms with Gasteiger partial charge in [-0.1, -0.05) is 30.0 Å². The topological polar surface area (TPSA) is 63.9 Å². The highest BCUT2D eigenvalue weighted by Gasteiger charge is 2.05. The van der Waals surface area contributed by atoms with Crippen LogP contribution in [0.1, 0.15) is 12.7 Å². The summed E-state index contributed by atoms with van der Waals surface area (Å²) in [5, 5.41) is 9.39. The van der Waals surface area contributed by atoms with Crippen LogP contribution in [-0.2, 0) is 0 Å². The second kappa shape index (κ2) is 5.05. The fourth-order valence-electron chi connectivity index (χ4n) is 1.37. The fourth-order valence-corrected chi connectivity index (χ4v) is 1.50. The molecule has 1 aromatic heterocycles. The number of thioether (sulfide) groups is 1. The Morgan fingerprint density at radius 1 is 1.29 bits per heavy atom. The molecule has 0 saturated carbocycles. The number of hydrogen-bond donors (Lipinski definition) is 1. The van der Waals surface area contributed by atoms with Gasteiger partial charge in [0, 0.05) is 5.39 Å². The molecule has 0 fully saturated rings. The monoisotopic (exact) mass is 247 g/mol. The first-order valence-electron chi connectivity index (χ1n) is 5.11. The largest absolute Gasteiger partial charge is 0.455 e. The van der Waals surface area contributed by atoms with E-state index in [0.717, 1.165) is 11.0 Å². The molecule has 0 aliphatic carbocycles. The average molecular weight is 247 g/mol. The van der Waals surface area contributed by atoms with Gasteiger partial charge in [-0.2, -0.15) is 0 Å². The molecule has 1 heterocycles. The summed E-state index contributed by atoms with van der Waals surface area (Å²) in [7, 11) is 0. The first kappa shape index (κ1) is 11.7. The predicted molar refractivity (Wildman–Crippen MR) is 73.6 cm³/mol. The van der Waals surface area contributed by atoms with Crippen molar-refractivity contribution in [2.75, 3.05) is 6.26 Å². The molecule has 0 saturated heterocycles. The number of nitrogens with zero attached hydrogens (tertiary/aromatic N) is 2. The Labute approximate surface area is 104 Å². The fraction of sp³-hybridized carbons (Fsp3) is 0.167. The van der Waals surface area contributed by atoms with Crippen LogP contribution in [-0.4, -0.2) is 17.1 Å². The van der Waals surface area contributed by atoms with Crippen LogP contribution < -0.4 is 5.73 Å². The van der Waals surface area contributed by atoms with E-state index in [4.69, 9.17) is 10.2 Å². The third kappa shape index (κ3) is 2.68. The molecule has 0 aliphatic heterocycles. The lowest BCUT2D eigenvalue weighted by molar-refractivity contribution is 0.604. The van der Waals surface area contributed by atoms with Gasteiger partial charge in [0.25, 0.3) is 0 Å². The first-order valence-corrected chi connectivity index (χ1v) is 6.34. The quantitative estimate of drug-likeness (QED) is 0.504. The highest BCUT2D eigenvalue weighted by atomic mass is 32.2. The molecule has 4 nitrogen and oxygen atoms in total. The van der Waals surface area contributed by atoms with Crippen molar-refractivity contribution >= 4 is 33.6 Å². The van der Waals surface area contributed by atoms with Crippen molar-refractivity contribution in [2.24, 2.45) is 15.9 Å². The van der Waals surface area contributed by atoms with E-state index in [1.54, 1.807) is 0 Å². The van der Waals surface area contributed by atoms with E-state index in [1.165, 1.54) is 11.8 Å². The number of furan rings is 1. The van der Waals surface area contributed by atoms with E-state index in [9.17, 15) is 0 Å². The Bertz CT molecular complexity index is 553. The predicted octanol–water partition coefficient (Wildman–Crippen LogP) is 2.83. The molecule has 88 valence electrons. The van der Waals surface area contributed by atoms with Gasteiger partial charge in [0.2, 0.25) is 0 Å². The minimum Gasteiger partial charge on any atom is -0.455 e. The van der Waals surface area contributed by atoms with Crippen molar-refractivity contribution in [3.8, 4) is 0 Å². The minimum absolute atomic E-state index is 0.431. The summed E-state index contributed by atoms with van der Waals surface area (Å²) < 4.78 is 5.65. The van der Waals surface area contributed by atoms with Gasteiger partial charge in [0.1, 0.15) is 11.3 Å². The lowest BCUT2D eigenvalue weighted by atomic mass is 10.2. The summed E-state index contributed by atoms with van der Waals surface area (Å²) in [6, 6.07) is 9.77. The smallest absolute Gasteiger partial charge is 0.180 e. The maximum atomic E-state index is 5.65. The molecule has 0 amide bonds. The van der Waals surface area contributed by atoms with E-state index in [2.05, 4.69) is 10.2 Å². The van der Waals surface area contributed by atoms with Crippen molar-refractivity contribution in [1.29, 1.82) is 0 Å². The average Bonchev–Trinajstić information content (AvgIpc) is 2.79. The number of amidine groups is 1. The normalized spacial score (nSPS) is 13.3. The van der Waals surface area contributed by atoms with Gasteiger partial charge in [-0.25, -0.2) is 0 Å². The first-order chi connectivity index (χ1) is 8.20. The second-order valence-corrected chi connectivity index (χ2v) is 4.30. The van der Waals surface area contributed by atoms with Gasteiger partial charge >= 0.3 is 0 Å². The van der Waals surface area contributed by atoms with E-state index in [1.807, 2.05) is 43.5 Å². The molecular formula is C12H13N3OS. The molecule has 17 heavy (non-hydrogen) atoms. The lowest BCUT2D eigenvalue weighted by Gasteiger charge is -1.92. The highest BCUT2D eigenvalue weighted by Crippen LogP contribution is 2.19. The van der Waals surface area contributed by atoms with Gasteiger partial charge in [-0.3, -0.25) is 0 Å². The molecule has 5 heteroatoms. The number of rotatable bonds is 2. The molecule has 0 aliphatic rings. The third-order valence-electron chi connectivity index (χ3n) is 2.29. The zero-order valence-corrected chi connectivity index (χ0v) is 10.5. The van der Waals surface area contributed by atoms with Crippen molar-refractivity contribution < 1.29 is 4.42 Å². The van der Waals surface area contributed by atoms with Crippen LogP contribution in [0.5, 0.6) is 0 Å². The maximum absolute atomic E-state index is 5.65. The van der Waals surface area contributed by atoms with Crippen LogP contribution >= 0.6 is 11.8 Å². The van der Waals surface area contributed by atoms with Crippen LogP contribution in [0.25, 0.3) is 11.0 Å². The Hall–Kier alpha value is -1.75. The van der Waals surface area contributed by atoms with Gasteiger partial charge in [0.15, 0.2) is 10.9 Å². The van der Waals surface area contributed by atoms with Crippen molar-refractivity contribution in [2.45, 2.75) is 6.92 Å². The van der Waals surface area contributed by atoms with E-state index < -0.39 is 0 Å². The molecule has 0 unspecified atom stereocenters. The summed E-state index contributed by atoms with van der Waals surface area (Å²) in [6.45, 7) is 1.84. The second-order valence-electron chi connectivity index (χ2n) is 3.48. The minimum atomic E-state index is 0.431. The number of fused-ring (bicyclic) bond motifs is 1. The Morgan fingerprint density at radius 2 is 2.06 bits per heavy atom. The molecule has 2 aromatic rings. The van der Waals surface area contributed by atoms with Crippen LogP contribution in [0.15, 0.2) is 45.0 Å². The zero-order valence-electron chi connectivity index (χ0n) is 9.68. The van der Waals surface area contributed by atoms with Crippen LogP contribution in [0, 0.1) is 0 Å². The lowest BCUT2D eigenvalue weighted by Crippen LogP contribution is -2.04. The summed E-state index contributed by atoms with van der Waals surface area (Å²) in [4.78, 5) is 0.